The molecule has 1 heterocycles. The number of nitrogens with one attached hydrogen (secondary N) is 1. The van der Waals surface area contributed by atoms with Crippen molar-refractivity contribution in [1.82, 2.24) is 4.98 Å². The van der Waals surface area contributed by atoms with Gasteiger partial charge < -0.3 is 4.98 Å². The molecule has 1 aromatic carbocycles. The number of alkyl halides is 3. The Labute approximate surface area is 111 Å². The van der Waals surface area contributed by atoms with Crippen molar-refractivity contribution in [3.63, 3.8) is 0 Å². The number of rotatable bonds is 1. The van der Waals surface area contributed by atoms with Gasteiger partial charge in [-0.3, -0.25) is 0 Å². The average Bonchev–Trinajstić information content (AvgIpc) is 2.28. The minimum Gasteiger partial charge on any atom is -0.346 e. The maximum atomic E-state index is 12.6. The van der Waals surface area contributed by atoms with Gasteiger partial charge in [0.2, 0.25) is 0 Å². The van der Waals surface area contributed by atoms with E-state index in [1.54, 1.807) is 24.3 Å². The summed E-state index contributed by atoms with van der Waals surface area (Å²) in [6.07, 6.45) is -4.41. The Hall–Kier alpha value is -1.33. The van der Waals surface area contributed by atoms with E-state index in [1.165, 1.54) is 0 Å². The number of halogens is 4. The van der Waals surface area contributed by atoms with Gasteiger partial charge >= 0.3 is 6.18 Å². The van der Waals surface area contributed by atoms with Crippen LogP contribution in [0.25, 0.3) is 11.3 Å². The zero-order valence-corrected chi connectivity index (χ0v) is 10.5. The third-order valence-electron chi connectivity index (χ3n) is 2.33. The first-order valence-electron chi connectivity index (χ1n) is 4.94. The first kappa shape index (κ1) is 13.1. The molecule has 0 atom stereocenters. The molecular formula is C12H7ClF3NS. The Morgan fingerprint density at radius 1 is 1.06 bits per heavy atom. The van der Waals surface area contributed by atoms with Crippen molar-refractivity contribution in [2.75, 3.05) is 0 Å². The normalized spacial score (nSPS) is 11.6. The van der Waals surface area contributed by atoms with Gasteiger partial charge in [0.1, 0.15) is 4.64 Å². The number of H-pyrrole nitrogens is 1. The van der Waals surface area contributed by atoms with E-state index in [-0.39, 0.29) is 4.64 Å². The quantitative estimate of drug-likeness (QED) is 0.724. The van der Waals surface area contributed by atoms with Crippen molar-refractivity contribution in [3.05, 3.63) is 51.6 Å². The fourth-order valence-corrected chi connectivity index (χ4v) is 1.85. The fraction of sp³-hybridized carbons (Fsp3) is 0.0833. The molecule has 0 spiro atoms. The first-order chi connectivity index (χ1) is 8.36. The largest absolute Gasteiger partial charge is 0.416 e. The molecule has 0 unspecified atom stereocenters. The summed E-state index contributed by atoms with van der Waals surface area (Å²) in [5, 5.41) is 0.518. The van der Waals surface area contributed by atoms with Gasteiger partial charge in [-0.25, -0.2) is 0 Å². The summed E-state index contributed by atoms with van der Waals surface area (Å²) in [4.78, 5) is 2.73. The Balaban J connectivity index is 2.55. The highest BCUT2D eigenvalue weighted by Gasteiger charge is 2.31. The van der Waals surface area contributed by atoms with Crippen LogP contribution in [0.1, 0.15) is 5.56 Å². The topological polar surface area (TPSA) is 15.8 Å². The van der Waals surface area contributed by atoms with Crippen molar-refractivity contribution in [1.29, 1.82) is 0 Å². The molecular weight excluding hydrogens is 283 g/mol. The van der Waals surface area contributed by atoms with Gasteiger partial charge in [0.25, 0.3) is 0 Å². The molecule has 0 aliphatic rings. The SMILES string of the molecule is FC(F)(F)c1cc(-c2ccc(Cl)cc2)[nH]c(=S)c1. The van der Waals surface area contributed by atoms with Gasteiger partial charge in [0.15, 0.2) is 0 Å². The number of hydrogen-bond acceptors (Lipinski definition) is 1. The minimum atomic E-state index is -4.41. The molecule has 0 aliphatic carbocycles. The summed E-state index contributed by atoms with van der Waals surface area (Å²) in [6, 6.07) is 8.39. The van der Waals surface area contributed by atoms with E-state index in [9.17, 15) is 13.2 Å². The third kappa shape index (κ3) is 2.91. The molecule has 1 N–H and O–H groups in total. The first-order valence-corrected chi connectivity index (χ1v) is 5.72. The molecule has 6 heteroatoms. The van der Waals surface area contributed by atoms with Crippen LogP contribution >= 0.6 is 23.8 Å². The van der Waals surface area contributed by atoms with Gasteiger partial charge in [0.05, 0.1) is 5.56 Å². The lowest BCUT2D eigenvalue weighted by Gasteiger charge is -2.09. The molecule has 1 aromatic heterocycles. The number of aromatic nitrogens is 1. The van der Waals surface area contributed by atoms with Gasteiger partial charge in [-0.2, -0.15) is 13.2 Å². The van der Waals surface area contributed by atoms with E-state index >= 15 is 0 Å². The summed E-state index contributed by atoms with van der Waals surface area (Å²) in [6.45, 7) is 0. The van der Waals surface area contributed by atoms with E-state index in [0.29, 0.717) is 16.3 Å². The Morgan fingerprint density at radius 3 is 2.22 bits per heavy atom. The van der Waals surface area contributed by atoms with Crippen molar-refractivity contribution in [3.8, 4) is 11.3 Å². The van der Waals surface area contributed by atoms with Gasteiger partial charge in [-0.05, 0) is 29.8 Å². The van der Waals surface area contributed by atoms with Gasteiger partial charge in [0, 0.05) is 10.7 Å². The fourth-order valence-electron chi connectivity index (χ4n) is 1.49. The predicted molar refractivity (Wildman–Crippen MR) is 67.1 cm³/mol. The molecule has 2 aromatic rings. The van der Waals surface area contributed by atoms with E-state index in [4.69, 9.17) is 23.8 Å². The number of aromatic amines is 1. The molecule has 2 rings (SSSR count). The lowest BCUT2D eigenvalue weighted by Crippen LogP contribution is -2.05. The summed E-state index contributed by atoms with van der Waals surface area (Å²) >= 11 is 10.5. The molecule has 94 valence electrons. The van der Waals surface area contributed by atoms with Crippen LogP contribution in [-0.2, 0) is 6.18 Å². The van der Waals surface area contributed by atoms with Crippen LogP contribution in [0.3, 0.4) is 0 Å². The maximum absolute atomic E-state index is 12.6. The van der Waals surface area contributed by atoms with E-state index in [0.717, 1.165) is 12.1 Å². The van der Waals surface area contributed by atoms with Crippen LogP contribution in [0.4, 0.5) is 13.2 Å². The smallest absolute Gasteiger partial charge is 0.346 e. The molecule has 0 aliphatic heterocycles. The summed E-state index contributed by atoms with van der Waals surface area (Å²) in [5.41, 5.74) is 0.138. The number of benzene rings is 1. The third-order valence-corrected chi connectivity index (χ3v) is 2.80. The van der Waals surface area contributed by atoms with E-state index < -0.39 is 11.7 Å². The molecule has 18 heavy (non-hydrogen) atoms. The van der Waals surface area contributed by atoms with Gasteiger partial charge in [-0.15, -0.1) is 0 Å². The standard InChI is InChI=1S/C12H7ClF3NS/c13-9-3-1-7(2-4-9)10-5-8(12(14,15)16)6-11(18)17-10/h1-6H,(H,17,18). The molecule has 0 saturated carbocycles. The second kappa shape index (κ2) is 4.74. The second-order valence-corrected chi connectivity index (χ2v) is 4.53. The van der Waals surface area contributed by atoms with Gasteiger partial charge in [-0.1, -0.05) is 36.0 Å². The number of pyridine rings is 1. The van der Waals surface area contributed by atoms with Crippen LogP contribution in [-0.4, -0.2) is 4.98 Å². The molecule has 1 nitrogen and oxygen atoms in total. The molecule has 0 amide bonds. The Kier molecular flexibility index (Phi) is 3.45. The van der Waals surface area contributed by atoms with Crippen LogP contribution in [0.15, 0.2) is 36.4 Å². The van der Waals surface area contributed by atoms with Crippen LogP contribution in [0.2, 0.25) is 5.02 Å². The van der Waals surface area contributed by atoms with Crippen LogP contribution < -0.4 is 0 Å². The van der Waals surface area contributed by atoms with Crippen LogP contribution in [0.5, 0.6) is 0 Å². The van der Waals surface area contributed by atoms with Crippen molar-refractivity contribution in [2.24, 2.45) is 0 Å². The second-order valence-electron chi connectivity index (χ2n) is 3.65. The molecule has 0 fully saturated rings. The molecule has 0 radical (unpaired) electrons. The predicted octanol–water partition coefficient (Wildman–Crippen LogP) is 5.08. The Bertz CT molecular complexity index is 616. The van der Waals surface area contributed by atoms with E-state index in [2.05, 4.69) is 4.98 Å². The maximum Gasteiger partial charge on any atom is 0.416 e. The highest BCUT2D eigenvalue weighted by molar-refractivity contribution is 7.71. The molecule has 0 bridgehead atoms. The monoisotopic (exact) mass is 289 g/mol. The summed E-state index contributed by atoms with van der Waals surface area (Å²) < 4.78 is 38.0. The minimum absolute atomic E-state index is 0.0368. The average molecular weight is 290 g/mol. The number of hydrogen-bond donors (Lipinski definition) is 1. The van der Waals surface area contributed by atoms with Crippen LogP contribution in [0, 0.1) is 4.64 Å². The van der Waals surface area contributed by atoms with Crippen molar-refractivity contribution < 1.29 is 13.2 Å². The lowest BCUT2D eigenvalue weighted by atomic mass is 10.1. The van der Waals surface area contributed by atoms with E-state index in [1.807, 2.05) is 0 Å². The zero-order valence-electron chi connectivity index (χ0n) is 8.88. The highest BCUT2D eigenvalue weighted by atomic mass is 35.5. The lowest BCUT2D eigenvalue weighted by molar-refractivity contribution is -0.137. The van der Waals surface area contributed by atoms with Crippen molar-refractivity contribution >= 4 is 23.8 Å². The molecule has 0 saturated heterocycles. The Morgan fingerprint density at radius 2 is 1.67 bits per heavy atom. The zero-order chi connectivity index (χ0) is 13.3. The summed E-state index contributed by atoms with van der Waals surface area (Å²) in [7, 11) is 0. The summed E-state index contributed by atoms with van der Waals surface area (Å²) in [5.74, 6) is 0. The highest BCUT2D eigenvalue weighted by Crippen LogP contribution is 2.31. The van der Waals surface area contributed by atoms with Crippen molar-refractivity contribution in [2.45, 2.75) is 6.18 Å².